The first-order chi connectivity index (χ1) is 16.4. The summed E-state index contributed by atoms with van der Waals surface area (Å²) in [5, 5.41) is 0.144. The topological polar surface area (TPSA) is 57.5 Å². The molecule has 0 spiro atoms. The molecule has 0 saturated heterocycles. The van der Waals surface area contributed by atoms with Crippen LogP contribution >= 0.6 is 0 Å². The minimum absolute atomic E-state index is 0.0295. The molecule has 0 N–H and O–H groups in total. The van der Waals surface area contributed by atoms with Gasteiger partial charge in [-0.15, -0.1) is 12.8 Å². The number of allylic oxidation sites excluding steroid dienone is 1. The van der Waals surface area contributed by atoms with Gasteiger partial charge in [0.15, 0.2) is 6.10 Å². The van der Waals surface area contributed by atoms with Gasteiger partial charge in [0.05, 0.1) is 19.1 Å². The molecular formula is C26H23F4NO4. The van der Waals surface area contributed by atoms with Gasteiger partial charge < -0.3 is 14.0 Å². The van der Waals surface area contributed by atoms with Crippen molar-refractivity contribution in [2.45, 2.75) is 39.6 Å². The predicted octanol–water partition coefficient (Wildman–Crippen LogP) is 5.20. The SMILES string of the molecule is C#CCn1c(C(F)(F)F)c(C(C#C)OC(=O)[C@@H]2[C@@H](/C=C(/F)C(=O)OCC)C2(C)C)c2ccccc21. The molecule has 1 saturated carbocycles. The van der Waals surface area contributed by atoms with E-state index >= 15 is 0 Å². The summed E-state index contributed by atoms with van der Waals surface area (Å²) in [6.07, 6.45) is 5.28. The molecule has 5 nitrogen and oxygen atoms in total. The summed E-state index contributed by atoms with van der Waals surface area (Å²) in [5.74, 6) is -0.548. The number of halogens is 4. The van der Waals surface area contributed by atoms with Crippen LogP contribution in [0.5, 0.6) is 0 Å². The highest BCUT2D eigenvalue weighted by Crippen LogP contribution is 2.60. The standard InChI is InChI=1S/C26H23F4NO4/c1-6-13-31-18-12-10-9-11-15(18)20(22(31)26(28,29)30)19(7-2)35-24(33)21-16(25(21,4)5)14-17(27)23(32)34-8-3/h1-2,9-12,14,16,19,21H,8,13H2,3-5H3/b17-14+/t16-,19?,21+/m1/s1. The molecule has 1 unspecified atom stereocenters. The number of nitrogens with zero attached hydrogens (tertiary/aromatic N) is 1. The summed E-state index contributed by atoms with van der Waals surface area (Å²) in [6.45, 7) is 4.39. The number of carbonyl (C=O) groups is 2. The fourth-order valence-electron chi connectivity index (χ4n) is 4.39. The van der Waals surface area contributed by atoms with Crippen LogP contribution in [0.3, 0.4) is 0 Å². The zero-order valence-corrected chi connectivity index (χ0v) is 19.3. The number of terminal acetylenes is 2. The van der Waals surface area contributed by atoms with E-state index in [1.165, 1.54) is 25.1 Å². The highest BCUT2D eigenvalue weighted by molar-refractivity contribution is 5.88. The van der Waals surface area contributed by atoms with Crippen molar-refractivity contribution >= 4 is 22.8 Å². The molecule has 2 aromatic rings. The van der Waals surface area contributed by atoms with Crippen molar-refractivity contribution in [1.82, 2.24) is 4.57 Å². The van der Waals surface area contributed by atoms with Gasteiger partial charge in [0.1, 0.15) is 5.69 Å². The molecule has 9 heteroatoms. The summed E-state index contributed by atoms with van der Waals surface area (Å²) in [4.78, 5) is 24.6. The Bertz CT molecular complexity index is 1270. The van der Waals surface area contributed by atoms with Crippen molar-refractivity contribution in [2.75, 3.05) is 6.61 Å². The number of rotatable bonds is 7. The lowest BCUT2D eigenvalue weighted by Crippen LogP contribution is -2.20. The number of aromatic nitrogens is 1. The average molecular weight is 489 g/mol. The van der Waals surface area contributed by atoms with Crippen LogP contribution in [0.4, 0.5) is 17.6 Å². The quantitative estimate of drug-likeness (QED) is 0.232. The Kier molecular flexibility index (Phi) is 7.03. The van der Waals surface area contributed by atoms with Crippen LogP contribution in [0.1, 0.15) is 38.1 Å². The minimum atomic E-state index is -4.85. The Morgan fingerprint density at radius 1 is 1.26 bits per heavy atom. The van der Waals surface area contributed by atoms with Crippen LogP contribution in [0.15, 0.2) is 36.2 Å². The Balaban J connectivity index is 1.99. The molecule has 1 aromatic carbocycles. The third kappa shape index (κ3) is 4.77. The summed E-state index contributed by atoms with van der Waals surface area (Å²) < 4.78 is 67.5. The van der Waals surface area contributed by atoms with Crippen LogP contribution in [0.2, 0.25) is 0 Å². The van der Waals surface area contributed by atoms with Gasteiger partial charge in [-0.05, 0) is 30.4 Å². The van der Waals surface area contributed by atoms with Crippen LogP contribution in [-0.4, -0.2) is 23.1 Å². The van der Waals surface area contributed by atoms with Gasteiger partial charge in [0.25, 0.3) is 0 Å². The van der Waals surface area contributed by atoms with Gasteiger partial charge in [-0.25, -0.2) is 4.79 Å². The van der Waals surface area contributed by atoms with Crippen molar-refractivity contribution in [3.05, 3.63) is 47.4 Å². The molecule has 0 bridgehead atoms. The molecule has 35 heavy (non-hydrogen) atoms. The lowest BCUT2D eigenvalue weighted by Gasteiger charge is -2.18. The molecule has 0 aliphatic heterocycles. The van der Waals surface area contributed by atoms with E-state index in [2.05, 4.69) is 16.6 Å². The molecule has 3 rings (SSSR count). The smallest absolute Gasteiger partial charge is 0.431 e. The fourth-order valence-corrected chi connectivity index (χ4v) is 4.39. The number of hydrogen-bond donors (Lipinski definition) is 0. The fraction of sp³-hybridized carbons (Fsp3) is 0.385. The molecule has 1 fully saturated rings. The van der Waals surface area contributed by atoms with Crippen LogP contribution in [0, 0.1) is 41.9 Å². The van der Waals surface area contributed by atoms with Crippen molar-refractivity contribution in [3.8, 4) is 24.7 Å². The summed E-state index contributed by atoms with van der Waals surface area (Å²) in [5.41, 5.74) is -2.13. The van der Waals surface area contributed by atoms with Crippen molar-refractivity contribution in [2.24, 2.45) is 17.3 Å². The van der Waals surface area contributed by atoms with Crippen LogP contribution in [0.25, 0.3) is 10.9 Å². The maximum atomic E-state index is 14.2. The number of para-hydroxylation sites is 1. The monoisotopic (exact) mass is 489 g/mol. The lowest BCUT2D eigenvalue weighted by molar-refractivity contribution is -0.153. The summed E-state index contributed by atoms with van der Waals surface area (Å²) in [6, 6.07) is 5.98. The first kappa shape index (κ1) is 25.9. The maximum absolute atomic E-state index is 14.2. The molecule has 1 heterocycles. The highest BCUT2D eigenvalue weighted by Gasteiger charge is 2.62. The third-order valence-electron chi connectivity index (χ3n) is 6.14. The molecule has 0 amide bonds. The van der Waals surface area contributed by atoms with Gasteiger partial charge >= 0.3 is 18.1 Å². The van der Waals surface area contributed by atoms with Crippen molar-refractivity contribution < 1.29 is 36.6 Å². The number of carbonyl (C=O) groups excluding carboxylic acids is 2. The van der Waals surface area contributed by atoms with E-state index in [0.717, 1.165) is 10.6 Å². The molecular weight excluding hydrogens is 466 g/mol. The zero-order valence-electron chi connectivity index (χ0n) is 19.3. The molecule has 1 aromatic heterocycles. The Hall–Kier alpha value is -3.72. The Morgan fingerprint density at radius 2 is 1.91 bits per heavy atom. The number of esters is 2. The second-order valence-electron chi connectivity index (χ2n) is 8.61. The molecule has 1 aliphatic rings. The number of ether oxygens (including phenoxy) is 2. The largest absolute Gasteiger partial charge is 0.461 e. The van der Waals surface area contributed by atoms with Gasteiger partial charge in [0, 0.05) is 16.5 Å². The maximum Gasteiger partial charge on any atom is 0.431 e. The van der Waals surface area contributed by atoms with Gasteiger partial charge in [-0.3, -0.25) is 4.79 Å². The first-order valence-corrected chi connectivity index (χ1v) is 10.7. The van der Waals surface area contributed by atoms with E-state index in [1.54, 1.807) is 19.9 Å². The number of benzene rings is 1. The Labute approximate surface area is 200 Å². The van der Waals surface area contributed by atoms with Crippen LogP contribution in [-0.2, 0) is 31.8 Å². The summed E-state index contributed by atoms with van der Waals surface area (Å²) >= 11 is 0. The molecule has 1 aliphatic carbocycles. The van der Waals surface area contributed by atoms with Crippen molar-refractivity contribution in [3.63, 3.8) is 0 Å². The van der Waals surface area contributed by atoms with E-state index in [9.17, 15) is 27.2 Å². The average Bonchev–Trinajstić information content (AvgIpc) is 3.16. The zero-order chi connectivity index (χ0) is 26.1. The van der Waals surface area contributed by atoms with Gasteiger partial charge in [-0.2, -0.15) is 17.6 Å². The van der Waals surface area contributed by atoms with Crippen molar-refractivity contribution in [1.29, 1.82) is 0 Å². The number of hydrogen-bond acceptors (Lipinski definition) is 4. The minimum Gasteiger partial charge on any atom is -0.461 e. The Morgan fingerprint density at radius 3 is 2.49 bits per heavy atom. The second-order valence-corrected chi connectivity index (χ2v) is 8.61. The predicted molar refractivity (Wildman–Crippen MR) is 120 cm³/mol. The summed E-state index contributed by atoms with van der Waals surface area (Å²) in [7, 11) is 0. The van der Waals surface area contributed by atoms with Gasteiger partial charge in [0.2, 0.25) is 5.83 Å². The molecule has 3 atom stereocenters. The van der Waals surface area contributed by atoms with E-state index in [-0.39, 0.29) is 24.1 Å². The second kappa shape index (κ2) is 9.50. The van der Waals surface area contributed by atoms with Gasteiger partial charge in [-0.1, -0.05) is 43.9 Å². The third-order valence-corrected chi connectivity index (χ3v) is 6.14. The normalized spacial score (nSPS) is 20.0. The highest BCUT2D eigenvalue weighted by atomic mass is 19.4. The van der Waals surface area contributed by atoms with E-state index in [1.807, 2.05) is 0 Å². The lowest BCUT2D eigenvalue weighted by atomic mass is 10.0. The first-order valence-electron chi connectivity index (χ1n) is 10.7. The van der Waals surface area contributed by atoms with Crippen LogP contribution < -0.4 is 0 Å². The van der Waals surface area contributed by atoms with E-state index in [4.69, 9.17) is 17.6 Å². The van der Waals surface area contributed by atoms with E-state index in [0.29, 0.717) is 0 Å². The molecule has 184 valence electrons. The molecule has 0 radical (unpaired) electrons. The number of fused-ring (bicyclic) bond motifs is 1. The van der Waals surface area contributed by atoms with E-state index < -0.39 is 58.6 Å². The number of alkyl halides is 3.